The molecule has 0 radical (unpaired) electrons. The summed E-state index contributed by atoms with van der Waals surface area (Å²) in [4.78, 5) is 10.9. The number of aliphatic carboxylic acids is 1. The number of hydrogen-bond acceptors (Lipinski definition) is 2. The summed E-state index contributed by atoms with van der Waals surface area (Å²) in [6.45, 7) is 8.93. The molecule has 4 saturated carbocycles. The average Bonchev–Trinajstić information content (AvgIpc) is 2.20. The Bertz CT molecular complexity index is 424. The topological polar surface area (TPSA) is 49.3 Å². The minimum atomic E-state index is -0.880. The molecule has 3 heteroatoms. The molecule has 0 aliphatic heterocycles. The lowest BCUT2D eigenvalue weighted by Gasteiger charge is -2.65. The van der Waals surface area contributed by atoms with Crippen molar-refractivity contribution in [3.63, 3.8) is 0 Å². The Labute approximate surface area is 115 Å². The first kappa shape index (κ1) is 13.2. The van der Waals surface area contributed by atoms with Crippen molar-refractivity contribution in [3.05, 3.63) is 12.2 Å². The lowest BCUT2D eigenvalue weighted by molar-refractivity contribution is -0.133. The van der Waals surface area contributed by atoms with Gasteiger partial charge in [0.05, 0.1) is 0 Å². The molecular formula is C16H25NO2. The minimum Gasteiger partial charge on any atom is -0.478 e. The van der Waals surface area contributed by atoms with E-state index in [2.05, 4.69) is 25.7 Å². The summed E-state index contributed by atoms with van der Waals surface area (Å²) >= 11 is 0. The highest BCUT2D eigenvalue weighted by atomic mass is 16.4. The number of carboxylic acids is 1. The van der Waals surface area contributed by atoms with Gasteiger partial charge in [0, 0.05) is 17.7 Å². The first-order chi connectivity index (χ1) is 8.73. The SMILES string of the molecule is C=C(CNC12CC3CC(C)(CC(C)(C3)C1)C2)C(=O)O. The Kier molecular flexibility index (Phi) is 2.66. The van der Waals surface area contributed by atoms with Crippen LogP contribution in [0.1, 0.15) is 52.4 Å². The maximum Gasteiger partial charge on any atom is 0.332 e. The Hall–Kier alpha value is -0.830. The normalized spacial score (nSPS) is 47.4. The highest BCUT2D eigenvalue weighted by Gasteiger charge is 2.59. The molecule has 0 aromatic carbocycles. The summed E-state index contributed by atoms with van der Waals surface area (Å²) in [7, 11) is 0. The van der Waals surface area contributed by atoms with Gasteiger partial charge in [-0.3, -0.25) is 0 Å². The van der Waals surface area contributed by atoms with Crippen LogP contribution in [0.5, 0.6) is 0 Å². The Morgan fingerprint density at radius 2 is 1.79 bits per heavy atom. The molecule has 0 amide bonds. The summed E-state index contributed by atoms with van der Waals surface area (Å²) < 4.78 is 0. The van der Waals surface area contributed by atoms with E-state index < -0.39 is 5.97 Å². The van der Waals surface area contributed by atoms with Crippen molar-refractivity contribution >= 4 is 5.97 Å². The zero-order valence-corrected chi connectivity index (χ0v) is 12.1. The summed E-state index contributed by atoms with van der Waals surface area (Å²) in [5, 5.41) is 12.5. The third kappa shape index (κ3) is 2.22. The molecule has 4 aliphatic carbocycles. The van der Waals surface area contributed by atoms with E-state index in [-0.39, 0.29) is 11.1 Å². The van der Waals surface area contributed by atoms with E-state index in [1.807, 2.05) is 0 Å². The molecule has 19 heavy (non-hydrogen) atoms. The van der Waals surface area contributed by atoms with E-state index in [9.17, 15) is 4.79 Å². The third-order valence-corrected chi connectivity index (χ3v) is 5.61. The van der Waals surface area contributed by atoms with Crippen LogP contribution in [-0.2, 0) is 4.79 Å². The summed E-state index contributed by atoms with van der Waals surface area (Å²) in [6.07, 6.45) is 7.72. The van der Waals surface area contributed by atoms with Crippen LogP contribution in [0.2, 0.25) is 0 Å². The van der Waals surface area contributed by atoms with Gasteiger partial charge in [-0.2, -0.15) is 0 Å². The first-order valence-electron chi connectivity index (χ1n) is 7.40. The largest absolute Gasteiger partial charge is 0.478 e. The zero-order chi connectivity index (χ0) is 13.9. The molecule has 4 bridgehead atoms. The van der Waals surface area contributed by atoms with E-state index in [0.29, 0.717) is 17.4 Å². The van der Waals surface area contributed by atoms with Crippen molar-refractivity contribution in [1.82, 2.24) is 5.32 Å². The van der Waals surface area contributed by atoms with Crippen LogP contribution in [-0.4, -0.2) is 23.2 Å². The van der Waals surface area contributed by atoms with Crippen LogP contribution < -0.4 is 5.32 Å². The third-order valence-electron chi connectivity index (χ3n) is 5.61. The fourth-order valence-corrected chi connectivity index (χ4v) is 6.01. The molecule has 4 rings (SSSR count). The van der Waals surface area contributed by atoms with Crippen molar-refractivity contribution in [3.8, 4) is 0 Å². The predicted molar refractivity (Wildman–Crippen MR) is 74.9 cm³/mol. The molecule has 0 aromatic rings. The van der Waals surface area contributed by atoms with E-state index in [1.54, 1.807) is 0 Å². The Morgan fingerprint density at radius 3 is 2.26 bits per heavy atom. The van der Waals surface area contributed by atoms with E-state index in [1.165, 1.54) is 38.5 Å². The molecule has 4 fully saturated rings. The van der Waals surface area contributed by atoms with Crippen LogP contribution in [0.4, 0.5) is 0 Å². The van der Waals surface area contributed by atoms with Crippen LogP contribution >= 0.6 is 0 Å². The van der Waals surface area contributed by atoms with Gasteiger partial charge < -0.3 is 10.4 Å². The van der Waals surface area contributed by atoms with Crippen LogP contribution in [0.3, 0.4) is 0 Å². The highest BCUT2D eigenvalue weighted by Crippen LogP contribution is 2.66. The molecule has 4 aliphatic rings. The van der Waals surface area contributed by atoms with Crippen LogP contribution in [0, 0.1) is 16.7 Å². The maximum absolute atomic E-state index is 10.9. The summed E-state index contributed by atoms with van der Waals surface area (Å²) in [6, 6.07) is 0. The quantitative estimate of drug-likeness (QED) is 0.767. The second kappa shape index (κ2) is 3.85. The van der Waals surface area contributed by atoms with Gasteiger partial charge in [-0.05, 0) is 55.3 Å². The number of hydrogen-bond donors (Lipinski definition) is 2. The lowest BCUT2D eigenvalue weighted by atomic mass is 9.43. The van der Waals surface area contributed by atoms with Crippen LogP contribution in [0.25, 0.3) is 0 Å². The molecule has 2 unspecified atom stereocenters. The molecule has 0 saturated heterocycles. The molecule has 0 aromatic heterocycles. The molecular weight excluding hydrogens is 238 g/mol. The van der Waals surface area contributed by atoms with Gasteiger partial charge in [0.1, 0.15) is 0 Å². The van der Waals surface area contributed by atoms with Crippen molar-refractivity contribution in [1.29, 1.82) is 0 Å². The smallest absolute Gasteiger partial charge is 0.332 e. The van der Waals surface area contributed by atoms with Gasteiger partial charge in [-0.1, -0.05) is 20.4 Å². The molecule has 2 atom stereocenters. The van der Waals surface area contributed by atoms with Crippen molar-refractivity contribution in [2.45, 2.75) is 57.9 Å². The average molecular weight is 263 g/mol. The predicted octanol–water partition coefficient (Wildman–Crippen LogP) is 2.97. The lowest BCUT2D eigenvalue weighted by Crippen LogP contribution is -2.64. The van der Waals surface area contributed by atoms with Gasteiger partial charge in [-0.15, -0.1) is 0 Å². The second-order valence-electron chi connectivity index (χ2n) is 8.17. The number of rotatable bonds is 4. The minimum absolute atomic E-state index is 0.168. The van der Waals surface area contributed by atoms with Gasteiger partial charge in [0.25, 0.3) is 0 Å². The van der Waals surface area contributed by atoms with E-state index >= 15 is 0 Å². The van der Waals surface area contributed by atoms with Crippen molar-refractivity contribution in [2.24, 2.45) is 16.7 Å². The molecule has 0 spiro atoms. The van der Waals surface area contributed by atoms with Gasteiger partial charge in [0.15, 0.2) is 0 Å². The molecule has 3 nitrogen and oxygen atoms in total. The Morgan fingerprint density at radius 1 is 1.21 bits per heavy atom. The van der Waals surface area contributed by atoms with Crippen molar-refractivity contribution < 1.29 is 9.90 Å². The maximum atomic E-state index is 10.9. The standard InChI is InChI=1S/C16H25NO2/c1-11(13(18)19)7-17-16-6-12-4-14(2,9-16)8-15(3,5-12)10-16/h12,17H,1,4-10H2,2-3H3,(H,18,19). The fourth-order valence-electron chi connectivity index (χ4n) is 6.01. The number of nitrogens with one attached hydrogen (secondary N) is 1. The van der Waals surface area contributed by atoms with Gasteiger partial charge >= 0.3 is 5.97 Å². The monoisotopic (exact) mass is 263 g/mol. The first-order valence-corrected chi connectivity index (χ1v) is 7.40. The highest BCUT2D eigenvalue weighted by molar-refractivity contribution is 5.86. The molecule has 106 valence electrons. The zero-order valence-electron chi connectivity index (χ0n) is 12.1. The second-order valence-corrected chi connectivity index (χ2v) is 8.17. The molecule has 2 N–H and O–H groups in total. The summed E-state index contributed by atoms with van der Waals surface area (Å²) in [5.41, 5.74) is 1.38. The van der Waals surface area contributed by atoms with E-state index in [4.69, 9.17) is 5.11 Å². The number of carbonyl (C=O) groups is 1. The summed E-state index contributed by atoms with van der Waals surface area (Å²) in [5.74, 6) is -0.0495. The van der Waals surface area contributed by atoms with Crippen LogP contribution in [0.15, 0.2) is 12.2 Å². The Balaban J connectivity index is 1.77. The molecule has 0 heterocycles. The number of carboxylic acid groups (broad SMARTS) is 1. The van der Waals surface area contributed by atoms with Crippen molar-refractivity contribution in [2.75, 3.05) is 6.54 Å². The van der Waals surface area contributed by atoms with E-state index in [0.717, 1.165) is 5.92 Å². The van der Waals surface area contributed by atoms with Gasteiger partial charge in [0.2, 0.25) is 0 Å². The van der Waals surface area contributed by atoms with Gasteiger partial charge in [-0.25, -0.2) is 4.79 Å². The fraction of sp³-hybridized carbons (Fsp3) is 0.812.